The number of hydrogen-bond donors (Lipinski definition) is 1. The average Bonchev–Trinajstić information content (AvgIpc) is 2.68. The quantitative estimate of drug-likeness (QED) is 0.678. The number of para-hydroxylation sites is 1. The molecule has 1 aromatic carbocycles. The van der Waals surface area contributed by atoms with E-state index in [1.54, 1.807) is 6.20 Å². The molecule has 146 valence electrons. The zero-order valence-corrected chi connectivity index (χ0v) is 17.0. The van der Waals surface area contributed by atoms with E-state index in [0.29, 0.717) is 17.1 Å². The predicted molar refractivity (Wildman–Crippen MR) is 116 cm³/mol. The van der Waals surface area contributed by atoms with Crippen LogP contribution in [-0.2, 0) is 0 Å². The molecule has 0 aliphatic carbocycles. The van der Waals surface area contributed by atoms with E-state index in [0.717, 1.165) is 42.0 Å². The Morgan fingerprint density at radius 3 is 2.71 bits per heavy atom. The Kier molecular flexibility index (Phi) is 6.15. The van der Waals surface area contributed by atoms with Gasteiger partial charge in [-0.25, -0.2) is 9.97 Å². The van der Waals surface area contributed by atoms with Crippen molar-refractivity contribution in [3.63, 3.8) is 0 Å². The molecular weight excluding hydrogens is 372 g/mol. The molecule has 0 bridgehead atoms. The summed E-state index contributed by atoms with van der Waals surface area (Å²) in [6.45, 7) is 5.75. The van der Waals surface area contributed by atoms with Gasteiger partial charge in [-0.3, -0.25) is 4.79 Å². The monoisotopic (exact) mass is 396 g/mol. The molecule has 1 amide bonds. The first kappa shape index (κ1) is 20.1. The number of pyridine rings is 2. The van der Waals surface area contributed by atoms with E-state index in [1.165, 1.54) is 6.42 Å². The zero-order chi connectivity index (χ0) is 18.8. The number of anilines is 2. The Bertz CT molecular complexity index is 977. The fourth-order valence-electron chi connectivity index (χ4n) is 3.68. The summed E-state index contributed by atoms with van der Waals surface area (Å²) < 4.78 is 0. The molecule has 1 unspecified atom stereocenters. The SMILES string of the molecule is Cc1ccc2c(Nc3ccccc3)c(C(=O)N3CCCC(C)C3)cnc2n1.Cl. The minimum Gasteiger partial charge on any atom is -0.354 e. The molecule has 5 nitrogen and oxygen atoms in total. The highest BCUT2D eigenvalue weighted by atomic mass is 35.5. The number of carbonyl (C=O) groups is 1. The molecule has 1 saturated heterocycles. The minimum absolute atomic E-state index is 0. The highest BCUT2D eigenvalue weighted by molar-refractivity contribution is 6.07. The van der Waals surface area contributed by atoms with Crippen LogP contribution in [0.2, 0.25) is 0 Å². The van der Waals surface area contributed by atoms with E-state index in [9.17, 15) is 4.79 Å². The molecule has 1 aliphatic rings. The average molecular weight is 397 g/mol. The third kappa shape index (κ3) is 4.09. The van der Waals surface area contributed by atoms with Crippen molar-refractivity contribution in [2.45, 2.75) is 26.7 Å². The molecule has 1 fully saturated rings. The number of nitrogens with zero attached hydrogens (tertiary/aromatic N) is 3. The summed E-state index contributed by atoms with van der Waals surface area (Å²) >= 11 is 0. The van der Waals surface area contributed by atoms with E-state index >= 15 is 0 Å². The van der Waals surface area contributed by atoms with Crippen molar-refractivity contribution in [3.8, 4) is 0 Å². The fourth-order valence-corrected chi connectivity index (χ4v) is 3.68. The maximum Gasteiger partial charge on any atom is 0.257 e. The van der Waals surface area contributed by atoms with Crippen molar-refractivity contribution in [1.29, 1.82) is 0 Å². The number of aromatic nitrogens is 2. The number of rotatable bonds is 3. The van der Waals surface area contributed by atoms with Gasteiger partial charge in [0.25, 0.3) is 5.91 Å². The number of halogens is 1. The molecule has 3 aromatic rings. The van der Waals surface area contributed by atoms with Crippen LogP contribution in [0.5, 0.6) is 0 Å². The minimum atomic E-state index is 0. The van der Waals surface area contributed by atoms with Crippen LogP contribution in [0.3, 0.4) is 0 Å². The van der Waals surface area contributed by atoms with Crippen molar-refractivity contribution >= 4 is 40.7 Å². The van der Waals surface area contributed by atoms with Crippen LogP contribution in [0.25, 0.3) is 11.0 Å². The summed E-state index contributed by atoms with van der Waals surface area (Å²) in [6.07, 6.45) is 3.90. The number of amides is 1. The van der Waals surface area contributed by atoms with Gasteiger partial charge in [-0.05, 0) is 49.9 Å². The summed E-state index contributed by atoms with van der Waals surface area (Å²) in [4.78, 5) is 24.3. The number of likely N-dealkylation sites (tertiary alicyclic amines) is 1. The molecule has 3 heterocycles. The lowest BCUT2D eigenvalue weighted by Gasteiger charge is -2.31. The van der Waals surface area contributed by atoms with Gasteiger partial charge in [-0.2, -0.15) is 0 Å². The number of piperidine rings is 1. The maximum atomic E-state index is 13.3. The first-order chi connectivity index (χ1) is 13.1. The van der Waals surface area contributed by atoms with Crippen LogP contribution >= 0.6 is 12.4 Å². The van der Waals surface area contributed by atoms with Gasteiger partial charge < -0.3 is 10.2 Å². The van der Waals surface area contributed by atoms with Crippen molar-refractivity contribution < 1.29 is 4.79 Å². The Morgan fingerprint density at radius 1 is 1.18 bits per heavy atom. The summed E-state index contributed by atoms with van der Waals surface area (Å²) in [7, 11) is 0. The van der Waals surface area contributed by atoms with Crippen molar-refractivity contribution in [2.75, 3.05) is 18.4 Å². The number of hydrogen-bond acceptors (Lipinski definition) is 4. The lowest BCUT2D eigenvalue weighted by atomic mass is 9.99. The normalized spacial score (nSPS) is 16.5. The van der Waals surface area contributed by atoms with E-state index in [-0.39, 0.29) is 18.3 Å². The summed E-state index contributed by atoms with van der Waals surface area (Å²) in [5.41, 5.74) is 3.88. The van der Waals surface area contributed by atoms with Crippen LogP contribution < -0.4 is 5.32 Å². The van der Waals surface area contributed by atoms with E-state index in [4.69, 9.17) is 0 Å². The molecule has 1 N–H and O–H groups in total. The number of nitrogens with one attached hydrogen (secondary N) is 1. The largest absolute Gasteiger partial charge is 0.354 e. The first-order valence-electron chi connectivity index (χ1n) is 9.49. The number of fused-ring (bicyclic) bond motifs is 1. The van der Waals surface area contributed by atoms with Crippen LogP contribution in [0.15, 0.2) is 48.7 Å². The predicted octanol–water partition coefficient (Wildman–Crippen LogP) is 4.98. The highest BCUT2D eigenvalue weighted by Crippen LogP contribution is 2.30. The molecule has 4 rings (SSSR count). The van der Waals surface area contributed by atoms with Crippen LogP contribution in [0.1, 0.15) is 35.8 Å². The molecule has 28 heavy (non-hydrogen) atoms. The highest BCUT2D eigenvalue weighted by Gasteiger charge is 2.25. The van der Waals surface area contributed by atoms with E-state index < -0.39 is 0 Å². The van der Waals surface area contributed by atoms with Gasteiger partial charge in [0.05, 0.1) is 11.3 Å². The molecule has 0 spiro atoms. The second kappa shape index (κ2) is 8.57. The lowest BCUT2D eigenvalue weighted by Crippen LogP contribution is -2.39. The van der Waals surface area contributed by atoms with Crippen molar-refractivity contribution in [2.24, 2.45) is 5.92 Å². The second-order valence-corrected chi connectivity index (χ2v) is 7.36. The zero-order valence-electron chi connectivity index (χ0n) is 16.2. The summed E-state index contributed by atoms with van der Waals surface area (Å²) in [5, 5.41) is 4.30. The van der Waals surface area contributed by atoms with Crippen LogP contribution in [-0.4, -0.2) is 33.9 Å². The second-order valence-electron chi connectivity index (χ2n) is 7.36. The molecule has 1 atom stereocenters. The van der Waals surface area contributed by atoms with Crippen molar-refractivity contribution in [1.82, 2.24) is 14.9 Å². The van der Waals surface area contributed by atoms with Gasteiger partial charge in [-0.15, -0.1) is 12.4 Å². The third-order valence-electron chi connectivity index (χ3n) is 5.09. The van der Waals surface area contributed by atoms with Crippen LogP contribution in [0.4, 0.5) is 11.4 Å². The first-order valence-corrected chi connectivity index (χ1v) is 9.49. The smallest absolute Gasteiger partial charge is 0.257 e. The topological polar surface area (TPSA) is 58.1 Å². The third-order valence-corrected chi connectivity index (χ3v) is 5.09. The van der Waals surface area contributed by atoms with Crippen molar-refractivity contribution in [3.05, 3.63) is 59.9 Å². The molecule has 6 heteroatoms. The van der Waals surface area contributed by atoms with Gasteiger partial charge in [0.2, 0.25) is 0 Å². The Hall–Kier alpha value is -2.66. The molecule has 2 aromatic heterocycles. The van der Waals surface area contributed by atoms with E-state index in [1.807, 2.05) is 54.3 Å². The Balaban J connectivity index is 0.00000225. The molecular formula is C22H25ClN4O. The standard InChI is InChI=1S/C22H24N4O.ClH/c1-15-7-6-12-26(14-15)22(27)19-13-23-21-18(11-10-16(2)24-21)20(19)25-17-8-4-3-5-9-17;/h3-5,8-11,13,15H,6-7,12,14H2,1-2H3,(H,23,24,25);1H. The van der Waals surface area contributed by atoms with Crippen LogP contribution in [0, 0.1) is 12.8 Å². The molecule has 1 aliphatic heterocycles. The van der Waals surface area contributed by atoms with Gasteiger partial charge in [0.15, 0.2) is 5.65 Å². The Labute approximate surface area is 171 Å². The number of aryl methyl sites for hydroxylation is 1. The number of benzene rings is 1. The van der Waals surface area contributed by atoms with E-state index in [2.05, 4.69) is 22.2 Å². The maximum absolute atomic E-state index is 13.3. The number of carbonyl (C=O) groups excluding carboxylic acids is 1. The molecule has 0 saturated carbocycles. The summed E-state index contributed by atoms with van der Waals surface area (Å²) in [5.74, 6) is 0.570. The lowest BCUT2D eigenvalue weighted by molar-refractivity contribution is 0.0684. The van der Waals surface area contributed by atoms with Gasteiger partial charge in [-0.1, -0.05) is 25.1 Å². The summed E-state index contributed by atoms with van der Waals surface area (Å²) in [6, 6.07) is 13.9. The van der Waals surface area contributed by atoms with Gasteiger partial charge >= 0.3 is 0 Å². The van der Waals surface area contributed by atoms with Gasteiger partial charge in [0, 0.05) is 36.1 Å². The Morgan fingerprint density at radius 2 is 1.96 bits per heavy atom. The van der Waals surface area contributed by atoms with Gasteiger partial charge in [0.1, 0.15) is 0 Å². The fraction of sp³-hybridized carbons (Fsp3) is 0.318. The molecule has 0 radical (unpaired) electrons.